The molecule has 1 heterocycles. The topological polar surface area (TPSA) is 104 Å². The summed E-state index contributed by atoms with van der Waals surface area (Å²) in [6, 6.07) is 7.89. The van der Waals surface area contributed by atoms with E-state index in [2.05, 4.69) is 0 Å². The molecule has 2 rings (SSSR count). The number of carboxylic acids is 1. The van der Waals surface area contributed by atoms with Crippen LogP contribution in [0.4, 0.5) is 5.00 Å². The molecule has 0 unspecified atom stereocenters. The molecule has 0 fully saturated rings. The third kappa shape index (κ3) is 5.91. The van der Waals surface area contributed by atoms with Crippen LogP contribution in [0.3, 0.4) is 0 Å². The molecule has 166 valence electrons. The molecule has 2 amide bonds. The largest absolute Gasteiger partial charge is 0.480 e. The first kappa shape index (κ1) is 24.1. The summed E-state index contributed by atoms with van der Waals surface area (Å²) >= 11 is 0.994. The van der Waals surface area contributed by atoms with Crippen molar-refractivity contribution in [3.05, 3.63) is 51.4 Å². The van der Waals surface area contributed by atoms with Crippen LogP contribution in [0.25, 0.3) is 0 Å². The molecule has 1 N–H and O–H groups in total. The highest BCUT2D eigenvalue weighted by atomic mass is 32.1. The zero-order valence-electron chi connectivity index (χ0n) is 18.0. The van der Waals surface area contributed by atoms with E-state index in [4.69, 9.17) is 9.84 Å². The van der Waals surface area contributed by atoms with Crippen molar-refractivity contribution in [2.24, 2.45) is 0 Å². The Kier molecular flexibility index (Phi) is 8.32. The first-order valence-corrected chi connectivity index (χ1v) is 10.6. The zero-order chi connectivity index (χ0) is 23.1. The number of carbonyl (C=O) groups is 4. The number of anilines is 1. The molecule has 1 aromatic heterocycles. The van der Waals surface area contributed by atoms with Crippen molar-refractivity contribution in [1.82, 2.24) is 4.90 Å². The summed E-state index contributed by atoms with van der Waals surface area (Å²) in [5.74, 6) is -2.33. The van der Waals surface area contributed by atoms with E-state index < -0.39 is 24.4 Å². The second-order valence-corrected chi connectivity index (χ2v) is 8.05. The molecule has 0 saturated carbocycles. The number of thiophene rings is 1. The summed E-state index contributed by atoms with van der Waals surface area (Å²) in [6.45, 7) is 5.20. The van der Waals surface area contributed by atoms with Crippen LogP contribution in [0.1, 0.15) is 43.6 Å². The molecule has 0 aliphatic rings. The third-order valence-corrected chi connectivity index (χ3v) is 5.98. The number of carbonyl (C=O) groups excluding carboxylic acids is 3. The lowest BCUT2D eigenvalue weighted by Crippen LogP contribution is -2.34. The minimum absolute atomic E-state index is 0.132. The van der Waals surface area contributed by atoms with Crippen molar-refractivity contribution in [3.63, 3.8) is 0 Å². The van der Waals surface area contributed by atoms with Crippen molar-refractivity contribution in [2.45, 2.75) is 27.2 Å². The molecule has 0 bridgehead atoms. The highest BCUT2D eigenvalue weighted by molar-refractivity contribution is 7.18. The first-order chi connectivity index (χ1) is 14.7. The maximum Gasteiger partial charge on any atom is 0.348 e. The van der Waals surface area contributed by atoms with Gasteiger partial charge in [0.25, 0.3) is 5.91 Å². The third-order valence-electron chi connectivity index (χ3n) is 4.67. The van der Waals surface area contributed by atoms with Gasteiger partial charge in [0.1, 0.15) is 16.4 Å². The van der Waals surface area contributed by atoms with E-state index in [-0.39, 0.29) is 23.6 Å². The van der Waals surface area contributed by atoms with Gasteiger partial charge in [-0.1, -0.05) is 29.8 Å². The van der Waals surface area contributed by atoms with Gasteiger partial charge in [-0.05, 0) is 38.3 Å². The van der Waals surface area contributed by atoms with Gasteiger partial charge in [-0.3, -0.25) is 14.4 Å². The van der Waals surface area contributed by atoms with E-state index in [1.165, 1.54) is 11.9 Å². The van der Waals surface area contributed by atoms with Gasteiger partial charge in [-0.2, -0.15) is 0 Å². The Balaban J connectivity index is 2.43. The summed E-state index contributed by atoms with van der Waals surface area (Å²) in [5, 5.41) is 9.33. The van der Waals surface area contributed by atoms with Crippen LogP contribution in [0.5, 0.6) is 0 Å². The molecule has 2 aromatic rings. The number of hydrogen-bond donors (Lipinski definition) is 1. The molecule has 1 aromatic carbocycles. The van der Waals surface area contributed by atoms with Crippen molar-refractivity contribution >= 4 is 40.6 Å². The highest BCUT2D eigenvalue weighted by Crippen LogP contribution is 2.37. The van der Waals surface area contributed by atoms with E-state index in [9.17, 15) is 19.2 Å². The molecule has 0 atom stereocenters. The summed E-state index contributed by atoms with van der Waals surface area (Å²) in [5.41, 5.74) is 2.64. The van der Waals surface area contributed by atoms with Gasteiger partial charge in [0, 0.05) is 13.6 Å². The Bertz CT molecular complexity index is 967. The fourth-order valence-corrected chi connectivity index (χ4v) is 4.20. The van der Waals surface area contributed by atoms with Gasteiger partial charge in [-0.25, -0.2) is 4.79 Å². The van der Waals surface area contributed by atoms with Gasteiger partial charge in [0.15, 0.2) is 0 Å². The van der Waals surface area contributed by atoms with E-state index in [0.717, 1.165) is 27.4 Å². The molecule has 9 heteroatoms. The van der Waals surface area contributed by atoms with Gasteiger partial charge in [0.05, 0.1) is 12.2 Å². The Hall–Kier alpha value is -3.20. The number of rotatable bonds is 10. The Labute approximate surface area is 185 Å². The van der Waals surface area contributed by atoms with E-state index in [0.29, 0.717) is 23.4 Å². The standard InChI is InChI=1S/C22H26N2O6S/c1-5-30-22(29)19-15(3)18(20(28)23(4)12-17(26)27)21(31-19)24(13-25)11-10-16-8-6-14(2)7-9-16/h6-9,13H,5,10-12H2,1-4H3,(H,26,27). The van der Waals surface area contributed by atoms with Crippen LogP contribution in [0.2, 0.25) is 0 Å². The number of esters is 1. The SMILES string of the molecule is CCOC(=O)c1sc(N(C=O)CCc2ccc(C)cc2)c(C(=O)N(C)CC(=O)O)c1C. The fraction of sp³-hybridized carbons (Fsp3) is 0.364. The summed E-state index contributed by atoms with van der Waals surface area (Å²) in [7, 11) is 1.36. The fourth-order valence-electron chi connectivity index (χ4n) is 3.02. The quantitative estimate of drug-likeness (QED) is 0.445. The predicted octanol–water partition coefficient (Wildman–Crippen LogP) is 2.90. The number of amides is 2. The average Bonchev–Trinajstić information content (AvgIpc) is 3.06. The van der Waals surface area contributed by atoms with Gasteiger partial charge in [0.2, 0.25) is 6.41 Å². The minimum atomic E-state index is -1.16. The van der Waals surface area contributed by atoms with Crippen LogP contribution in [-0.2, 0) is 20.7 Å². The molecular formula is C22H26N2O6S. The van der Waals surface area contributed by atoms with Crippen LogP contribution in [0, 0.1) is 13.8 Å². The maximum atomic E-state index is 13.0. The highest BCUT2D eigenvalue weighted by Gasteiger charge is 2.30. The van der Waals surface area contributed by atoms with Crippen molar-refractivity contribution < 1.29 is 29.0 Å². The number of likely N-dealkylation sites (N-methyl/N-ethyl adjacent to an activating group) is 1. The first-order valence-electron chi connectivity index (χ1n) is 9.74. The number of aliphatic carboxylic acids is 1. The van der Waals surface area contributed by atoms with Gasteiger partial charge >= 0.3 is 11.9 Å². The molecule has 31 heavy (non-hydrogen) atoms. The van der Waals surface area contributed by atoms with Gasteiger partial charge in [-0.15, -0.1) is 11.3 Å². The van der Waals surface area contributed by atoms with Crippen molar-refractivity contribution in [1.29, 1.82) is 0 Å². The zero-order valence-corrected chi connectivity index (χ0v) is 18.8. The average molecular weight is 447 g/mol. The monoisotopic (exact) mass is 446 g/mol. The molecule has 0 radical (unpaired) electrons. The normalized spacial score (nSPS) is 10.5. The van der Waals surface area contributed by atoms with Crippen LogP contribution >= 0.6 is 11.3 Å². The molecule has 0 aliphatic heterocycles. The van der Waals surface area contributed by atoms with Gasteiger partial charge < -0.3 is 19.6 Å². The lowest BCUT2D eigenvalue weighted by atomic mass is 10.1. The summed E-state index contributed by atoms with van der Waals surface area (Å²) in [4.78, 5) is 51.0. The number of ether oxygens (including phenoxy) is 1. The molecule has 0 spiro atoms. The lowest BCUT2D eigenvalue weighted by Gasteiger charge is -2.20. The Morgan fingerprint density at radius 2 is 1.81 bits per heavy atom. The smallest absolute Gasteiger partial charge is 0.348 e. The molecule has 8 nitrogen and oxygen atoms in total. The number of aryl methyl sites for hydroxylation is 1. The summed E-state index contributed by atoms with van der Waals surface area (Å²) < 4.78 is 5.08. The van der Waals surface area contributed by atoms with Crippen LogP contribution in [-0.4, -0.2) is 61.0 Å². The van der Waals surface area contributed by atoms with Crippen LogP contribution in [0.15, 0.2) is 24.3 Å². The van der Waals surface area contributed by atoms with Crippen LogP contribution < -0.4 is 4.90 Å². The number of nitrogens with zero attached hydrogens (tertiary/aromatic N) is 2. The van der Waals surface area contributed by atoms with E-state index >= 15 is 0 Å². The Morgan fingerprint density at radius 3 is 2.35 bits per heavy atom. The van der Waals surface area contributed by atoms with Crippen molar-refractivity contribution in [2.75, 3.05) is 31.6 Å². The predicted molar refractivity (Wildman–Crippen MR) is 118 cm³/mol. The van der Waals surface area contributed by atoms with E-state index in [1.807, 2.05) is 31.2 Å². The molecule has 0 aliphatic carbocycles. The molecule has 0 saturated heterocycles. The minimum Gasteiger partial charge on any atom is -0.480 e. The number of hydrogen-bond acceptors (Lipinski definition) is 6. The maximum absolute atomic E-state index is 13.0. The van der Waals surface area contributed by atoms with E-state index in [1.54, 1.807) is 13.8 Å². The summed E-state index contributed by atoms with van der Waals surface area (Å²) in [6.07, 6.45) is 1.16. The lowest BCUT2D eigenvalue weighted by molar-refractivity contribution is -0.137. The molecular weight excluding hydrogens is 420 g/mol. The number of benzene rings is 1. The Morgan fingerprint density at radius 1 is 1.16 bits per heavy atom. The second kappa shape index (κ2) is 10.7. The second-order valence-electron chi connectivity index (χ2n) is 7.05. The number of carboxylic acid groups (broad SMARTS) is 1. The van der Waals surface area contributed by atoms with Crippen molar-refractivity contribution in [3.8, 4) is 0 Å².